The molecule has 0 radical (unpaired) electrons. The van der Waals surface area contributed by atoms with Gasteiger partial charge in [-0.3, -0.25) is 0 Å². The summed E-state index contributed by atoms with van der Waals surface area (Å²) in [5, 5.41) is 3.93. The van der Waals surface area contributed by atoms with Gasteiger partial charge in [-0.2, -0.15) is 0 Å². The van der Waals surface area contributed by atoms with Crippen molar-refractivity contribution < 1.29 is 0 Å². The number of hydrogen-bond donors (Lipinski definition) is 1. The molecule has 0 spiro atoms. The van der Waals surface area contributed by atoms with Gasteiger partial charge < -0.3 is 5.32 Å². The molecule has 6 aliphatic carbocycles. The molecular weight excluding hydrogens is 627 g/mol. The van der Waals surface area contributed by atoms with Crippen LogP contribution in [0.1, 0.15) is 183 Å². The number of allylic oxidation sites excluding steroid dienone is 6. The van der Waals surface area contributed by atoms with Gasteiger partial charge in [-0.1, -0.05) is 76.5 Å². The Kier molecular flexibility index (Phi) is 16.0. The normalized spacial score (nSPS) is 45.6. The second kappa shape index (κ2) is 20.4. The molecule has 1 heteroatoms. The van der Waals surface area contributed by atoms with Crippen molar-refractivity contribution in [3.63, 3.8) is 0 Å². The first-order chi connectivity index (χ1) is 25.5. The van der Waals surface area contributed by atoms with Gasteiger partial charge in [0.2, 0.25) is 0 Å². The Bertz CT molecular complexity index is 1100. The zero-order valence-electron chi connectivity index (χ0n) is 35.5. The molecule has 52 heavy (non-hydrogen) atoms. The van der Waals surface area contributed by atoms with Gasteiger partial charge >= 0.3 is 0 Å². The molecule has 12 atom stereocenters. The first-order valence-corrected chi connectivity index (χ1v) is 24.1. The molecule has 6 fully saturated rings. The Morgan fingerprint density at radius 2 is 0.904 bits per heavy atom. The standard InChI is InChI=1S/C51H87N/c1-7-12-38-16-21-41(22-17-38)44-27-15-36(6)32-48(44)50-33-37(11-5)18-29-46(50)47-30-20-40(14-9-3)35-51(47)49-34-39(13-8-2)19-28-45(49)42-23-25-43(26-24-42)52-31-10-4/h7-9,12-14,36-52H,10-11,15-35H2,1-6H3/b12-7+,13-8+,14-9+. The van der Waals surface area contributed by atoms with E-state index in [0.29, 0.717) is 0 Å². The van der Waals surface area contributed by atoms with Gasteiger partial charge in [-0.05, 0) is 238 Å². The molecular formula is C51H87N. The van der Waals surface area contributed by atoms with Crippen LogP contribution in [0.4, 0.5) is 0 Å². The summed E-state index contributed by atoms with van der Waals surface area (Å²) in [6.07, 6.45) is 47.8. The molecule has 1 nitrogen and oxygen atoms in total. The molecule has 0 bridgehead atoms. The van der Waals surface area contributed by atoms with Crippen LogP contribution in [0.3, 0.4) is 0 Å². The molecule has 0 aromatic rings. The number of rotatable bonds is 12. The SMILES string of the molecule is C/C=C/C1CCC(C2CCC(C)CC2C2CC(CC)CCC2C2CCC(/C=C/C)CC2C2CC(/C=C/C)CCC2C2CCC(NCCC)CC2)CC1. The lowest BCUT2D eigenvalue weighted by Crippen LogP contribution is -2.48. The summed E-state index contributed by atoms with van der Waals surface area (Å²) >= 11 is 0. The zero-order valence-corrected chi connectivity index (χ0v) is 35.5. The third-order valence-electron chi connectivity index (χ3n) is 17.4. The minimum Gasteiger partial charge on any atom is -0.314 e. The van der Waals surface area contributed by atoms with Crippen molar-refractivity contribution in [3.05, 3.63) is 36.5 Å². The topological polar surface area (TPSA) is 12.0 Å². The fourth-order valence-electron chi connectivity index (χ4n) is 14.9. The summed E-state index contributed by atoms with van der Waals surface area (Å²) in [7, 11) is 0. The van der Waals surface area contributed by atoms with Gasteiger partial charge in [-0.25, -0.2) is 0 Å². The van der Waals surface area contributed by atoms with Crippen LogP contribution in [0.5, 0.6) is 0 Å². The number of hydrogen-bond acceptors (Lipinski definition) is 1. The maximum atomic E-state index is 3.93. The second-order valence-corrected chi connectivity index (χ2v) is 20.3. The van der Waals surface area contributed by atoms with Gasteiger partial charge in [0.05, 0.1) is 0 Å². The quantitative estimate of drug-likeness (QED) is 0.199. The highest BCUT2D eigenvalue weighted by atomic mass is 14.9. The Balaban J connectivity index is 1.29. The third kappa shape index (κ3) is 10.1. The molecule has 296 valence electrons. The van der Waals surface area contributed by atoms with E-state index in [1.54, 1.807) is 25.7 Å². The van der Waals surface area contributed by atoms with E-state index in [1.165, 1.54) is 122 Å². The summed E-state index contributed by atoms with van der Waals surface area (Å²) < 4.78 is 0. The van der Waals surface area contributed by atoms with Crippen molar-refractivity contribution in [1.29, 1.82) is 0 Å². The van der Waals surface area contributed by atoms with Crippen LogP contribution in [-0.2, 0) is 0 Å². The summed E-state index contributed by atoms with van der Waals surface area (Å²) in [5.74, 6) is 14.3. The van der Waals surface area contributed by atoms with Crippen molar-refractivity contribution in [3.8, 4) is 0 Å². The van der Waals surface area contributed by atoms with E-state index >= 15 is 0 Å². The van der Waals surface area contributed by atoms with Gasteiger partial charge in [-0.15, -0.1) is 0 Å². The van der Waals surface area contributed by atoms with Crippen LogP contribution in [0.2, 0.25) is 0 Å². The average molecular weight is 714 g/mol. The van der Waals surface area contributed by atoms with Crippen LogP contribution < -0.4 is 5.32 Å². The molecule has 0 heterocycles. The van der Waals surface area contributed by atoms with E-state index < -0.39 is 0 Å². The molecule has 6 rings (SSSR count). The third-order valence-corrected chi connectivity index (χ3v) is 17.4. The first-order valence-electron chi connectivity index (χ1n) is 24.1. The van der Waals surface area contributed by atoms with E-state index in [9.17, 15) is 0 Å². The van der Waals surface area contributed by atoms with Gasteiger partial charge in [0.15, 0.2) is 0 Å². The average Bonchev–Trinajstić information content (AvgIpc) is 3.18. The molecule has 1 N–H and O–H groups in total. The van der Waals surface area contributed by atoms with E-state index in [4.69, 9.17) is 0 Å². The summed E-state index contributed by atoms with van der Waals surface area (Å²) in [5.41, 5.74) is 0. The van der Waals surface area contributed by atoms with Crippen molar-refractivity contribution in [2.45, 2.75) is 189 Å². The van der Waals surface area contributed by atoms with Crippen molar-refractivity contribution in [1.82, 2.24) is 5.32 Å². The van der Waals surface area contributed by atoms with Crippen LogP contribution in [0.25, 0.3) is 0 Å². The molecule has 6 saturated carbocycles. The highest BCUT2D eigenvalue weighted by Crippen LogP contribution is 2.59. The fraction of sp³-hybridized carbons (Fsp3) is 0.882. The van der Waals surface area contributed by atoms with Crippen molar-refractivity contribution >= 4 is 0 Å². The lowest BCUT2D eigenvalue weighted by atomic mass is 9.50. The van der Waals surface area contributed by atoms with Gasteiger partial charge in [0.25, 0.3) is 0 Å². The monoisotopic (exact) mass is 714 g/mol. The summed E-state index contributed by atoms with van der Waals surface area (Å²) in [6.45, 7) is 15.6. The maximum Gasteiger partial charge on any atom is 0.00672 e. The Hall–Kier alpha value is -0.820. The Morgan fingerprint density at radius 3 is 1.48 bits per heavy atom. The maximum absolute atomic E-state index is 3.93. The molecule has 0 aromatic carbocycles. The van der Waals surface area contributed by atoms with E-state index in [0.717, 1.165) is 94.8 Å². The van der Waals surface area contributed by atoms with Crippen LogP contribution in [0.15, 0.2) is 36.5 Å². The Morgan fingerprint density at radius 1 is 0.442 bits per heavy atom. The lowest BCUT2D eigenvalue weighted by molar-refractivity contribution is -0.0574. The van der Waals surface area contributed by atoms with Crippen LogP contribution in [-0.4, -0.2) is 12.6 Å². The Labute approximate surface area is 324 Å². The second-order valence-electron chi connectivity index (χ2n) is 20.3. The van der Waals surface area contributed by atoms with E-state index in [1.807, 2.05) is 0 Å². The molecule has 6 aliphatic rings. The largest absolute Gasteiger partial charge is 0.314 e. The van der Waals surface area contributed by atoms with Crippen LogP contribution >= 0.6 is 0 Å². The minimum absolute atomic E-state index is 0.786. The van der Waals surface area contributed by atoms with Crippen molar-refractivity contribution in [2.24, 2.45) is 88.8 Å². The highest BCUT2D eigenvalue weighted by Gasteiger charge is 2.51. The fourth-order valence-corrected chi connectivity index (χ4v) is 14.9. The first kappa shape index (κ1) is 40.8. The van der Waals surface area contributed by atoms with E-state index in [-0.39, 0.29) is 0 Å². The van der Waals surface area contributed by atoms with Crippen LogP contribution in [0, 0.1) is 88.8 Å². The zero-order chi connectivity index (χ0) is 36.5. The predicted octanol–water partition coefficient (Wildman–Crippen LogP) is 14.6. The lowest BCUT2D eigenvalue weighted by Gasteiger charge is -2.55. The van der Waals surface area contributed by atoms with Gasteiger partial charge in [0.1, 0.15) is 0 Å². The minimum atomic E-state index is 0.786. The van der Waals surface area contributed by atoms with E-state index in [2.05, 4.69) is 83.3 Å². The number of nitrogens with one attached hydrogen (secondary N) is 1. The predicted molar refractivity (Wildman–Crippen MR) is 227 cm³/mol. The molecule has 0 aromatic heterocycles. The highest BCUT2D eigenvalue weighted by molar-refractivity contribution is 5.04. The molecule has 0 saturated heterocycles. The van der Waals surface area contributed by atoms with Crippen molar-refractivity contribution in [2.75, 3.05) is 6.54 Å². The molecule has 0 aliphatic heterocycles. The summed E-state index contributed by atoms with van der Waals surface area (Å²) in [6, 6.07) is 0.786. The van der Waals surface area contributed by atoms with Gasteiger partial charge in [0, 0.05) is 6.04 Å². The smallest absolute Gasteiger partial charge is 0.00672 e. The molecule has 0 amide bonds. The summed E-state index contributed by atoms with van der Waals surface area (Å²) in [4.78, 5) is 0. The molecule has 12 unspecified atom stereocenters.